The van der Waals surface area contributed by atoms with E-state index < -0.39 is 11.5 Å². The number of carbonyl (C=O) groups is 1. The zero-order chi connectivity index (χ0) is 11.4. The summed E-state index contributed by atoms with van der Waals surface area (Å²) in [6.07, 6.45) is 1.07. The summed E-state index contributed by atoms with van der Waals surface area (Å²) in [7, 11) is 0. The molecule has 1 saturated heterocycles. The molecule has 1 aliphatic rings. The molecular formula is C11H15NO3S. The second-order valence-corrected chi connectivity index (χ2v) is 4.96. The third-order valence-electron chi connectivity index (χ3n) is 2.94. The van der Waals surface area contributed by atoms with Gasteiger partial charge < -0.3 is 9.84 Å². The first-order valence-electron chi connectivity index (χ1n) is 5.31. The van der Waals surface area contributed by atoms with Gasteiger partial charge in [-0.3, -0.25) is 10.1 Å². The smallest absolute Gasteiger partial charge is 0.324 e. The van der Waals surface area contributed by atoms with Gasteiger partial charge in [0.05, 0.1) is 0 Å². The number of hydrogen-bond acceptors (Lipinski definition) is 4. The van der Waals surface area contributed by atoms with Crippen LogP contribution in [0.1, 0.15) is 17.7 Å². The van der Waals surface area contributed by atoms with Crippen molar-refractivity contribution < 1.29 is 14.6 Å². The van der Waals surface area contributed by atoms with Gasteiger partial charge in [0.15, 0.2) is 0 Å². The second-order valence-electron chi connectivity index (χ2n) is 3.93. The van der Waals surface area contributed by atoms with E-state index in [-0.39, 0.29) is 0 Å². The van der Waals surface area contributed by atoms with E-state index in [1.165, 1.54) is 0 Å². The Labute approximate surface area is 98.2 Å². The fourth-order valence-electron chi connectivity index (χ4n) is 1.86. The third kappa shape index (κ3) is 2.42. The Hall–Kier alpha value is -0.910. The molecule has 1 aromatic rings. The summed E-state index contributed by atoms with van der Waals surface area (Å²) in [4.78, 5) is 12.5. The number of rotatable bonds is 4. The van der Waals surface area contributed by atoms with E-state index in [1.54, 1.807) is 11.3 Å². The van der Waals surface area contributed by atoms with Crippen LogP contribution in [0, 0.1) is 0 Å². The summed E-state index contributed by atoms with van der Waals surface area (Å²) in [5.74, 6) is -0.771. The Morgan fingerprint density at radius 2 is 2.31 bits per heavy atom. The number of nitrogens with one attached hydrogen (secondary N) is 1. The maximum Gasteiger partial charge on any atom is 0.324 e. The van der Waals surface area contributed by atoms with Gasteiger partial charge >= 0.3 is 5.97 Å². The molecule has 16 heavy (non-hydrogen) atoms. The monoisotopic (exact) mass is 241 g/mol. The quantitative estimate of drug-likeness (QED) is 0.838. The summed E-state index contributed by atoms with van der Waals surface area (Å²) >= 11 is 1.64. The average molecular weight is 241 g/mol. The van der Waals surface area contributed by atoms with Crippen molar-refractivity contribution >= 4 is 17.3 Å². The van der Waals surface area contributed by atoms with Crippen molar-refractivity contribution in [2.24, 2.45) is 0 Å². The molecular weight excluding hydrogens is 226 g/mol. The van der Waals surface area contributed by atoms with E-state index in [0.29, 0.717) is 32.6 Å². The maximum absolute atomic E-state index is 11.3. The molecule has 0 aliphatic carbocycles. The van der Waals surface area contributed by atoms with Gasteiger partial charge in [-0.25, -0.2) is 0 Å². The molecule has 0 amide bonds. The van der Waals surface area contributed by atoms with Crippen LogP contribution in [0.25, 0.3) is 0 Å². The zero-order valence-corrected chi connectivity index (χ0v) is 9.76. The van der Waals surface area contributed by atoms with Crippen molar-refractivity contribution in [1.29, 1.82) is 0 Å². The molecule has 0 bridgehead atoms. The summed E-state index contributed by atoms with van der Waals surface area (Å²) in [6.45, 7) is 1.65. The van der Waals surface area contributed by atoms with E-state index in [2.05, 4.69) is 5.32 Å². The predicted octanol–water partition coefficient (Wildman–Crippen LogP) is 1.47. The Balaban J connectivity index is 2.00. The SMILES string of the molecule is O=C(O)C1(NCc2cccs2)CCOCC1. The molecule has 0 aromatic carbocycles. The predicted molar refractivity (Wildman–Crippen MR) is 61.6 cm³/mol. The molecule has 1 aliphatic heterocycles. The summed E-state index contributed by atoms with van der Waals surface area (Å²) in [5.41, 5.74) is -0.803. The van der Waals surface area contributed by atoms with Crippen LogP contribution in [-0.4, -0.2) is 29.8 Å². The van der Waals surface area contributed by atoms with Crippen LogP contribution in [-0.2, 0) is 16.1 Å². The minimum absolute atomic E-state index is 0.518. The van der Waals surface area contributed by atoms with Crippen LogP contribution in [0.3, 0.4) is 0 Å². The Kier molecular flexibility index (Phi) is 3.58. The third-order valence-corrected chi connectivity index (χ3v) is 3.81. The summed E-state index contributed by atoms with van der Waals surface area (Å²) < 4.78 is 5.21. The van der Waals surface area contributed by atoms with Gasteiger partial charge in [-0.15, -0.1) is 11.3 Å². The van der Waals surface area contributed by atoms with E-state index in [9.17, 15) is 9.90 Å². The first-order valence-corrected chi connectivity index (χ1v) is 6.19. The van der Waals surface area contributed by atoms with E-state index in [1.807, 2.05) is 17.5 Å². The number of aliphatic carboxylic acids is 1. The fraction of sp³-hybridized carbons (Fsp3) is 0.545. The summed E-state index contributed by atoms with van der Waals surface area (Å²) in [6, 6.07) is 3.98. The minimum Gasteiger partial charge on any atom is -0.480 e. The molecule has 0 spiro atoms. The van der Waals surface area contributed by atoms with Crippen LogP contribution in [0.5, 0.6) is 0 Å². The van der Waals surface area contributed by atoms with E-state index in [0.717, 1.165) is 4.88 Å². The number of thiophene rings is 1. The first kappa shape index (κ1) is 11.6. The van der Waals surface area contributed by atoms with Crippen LogP contribution in [0.15, 0.2) is 17.5 Å². The number of carboxylic acids is 1. The highest BCUT2D eigenvalue weighted by atomic mass is 32.1. The van der Waals surface area contributed by atoms with Gasteiger partial charge in [-0.05, 0) is 24.3 Å². The fourth-order valence-corrected chi connectivity index (χ4v) is 2.50. The van der Waals surface area contributed by atoms with Gasteiger partial charge in [-0.1, -0.05) is 6.07 Å². The number of ether oxygens (including phenoxy) is 1. The second kappa shape index (κ2) is 4.95. The molecule has 2 rings (SSSR count). The highest BCUT2D eigenvalue weighted by Crippen LogP contribution is 2.22. The first-order chi connectivity index (χ1) is 7.73. The minimum atomic E-state index is -0.803. The molecule has 0 atom stereocenters. The highest BCUT2D eigenvalue weighted by Gasteiger charge is 2.39. The largest absolute Gasteiger partial charge is 0.480 e. The standard InChI is InChI=1S/C11H15NO3S/c13-10(14)11(3-5-15-6-4-11)12-8-9-2-1-7-16-9/h1-2,7,12H,3-6,8H2,(H,13,14). The van der Waals surface area contributed by atoms with Crippen molar-refractivity contribution in [2.45, 2.75) is 24.9 Å². The van der Waals surface area contributed by atoms with Crippen LogP contribution >= 0.6 is 11.3 Å². The van der Waals surface area contributed by atoms with Crippen LogP contribution in [0.4, 0.5) is 0 Å². The van der Waals surface area contributed by atoms with Crippen molar-refractivity contribution in [3.8, 4) is 0 Å². The molecule has 0 saturated carbocycles. The molecule has 2 heterocycles. The molecule has 2 N–H and O–H groups in total. The lowest BCUT2D eigenvalue weighted by molar-refractivity contribution is -0.149. The zero-order valence-electron chi connectivity index (χ0n) is 8.94. The number of carboxylic acid groups (broad SMARTS) is 1. The van der Waals surface area contributed by atoms with Gasteiger partial charge in [0.1, 0.15) is 5.54 Å². The van der Waals surface area contributed by atoms with Crippen molar-refractivity contribution in [2.75, 3.05) is 13.2 Å². The summed E-state index contributed by atoms with van der Waals surface area (Å²) in [5, 5.41) is 14.5. The van der Waals surface area contributed by atoms with Crippen LogP contribution < -0.4 is 5.32 Å². The molecule has 1 aromatic heterocycles. The Morgan fingerprint density at radius 3 is 2.88 bits per heavy atom. The van der Waals surface area contributed by atoms with E-state index >= 15 is 0 Å². The van der Waals surface area contributed by atoms with Crippen LogP contribution in [0.2, 0.25) is 0 Å². The normalized spacial score (nSPS) is 19.5. The Morgan fingerprint density at radius 1 is 1.56 bits per heavy atom. The van der Waals surface area contributed by atoms with Gasteiger partial charge in [-0.2, -0.15) is 0 Å². The topological polar surface area (TPSA) is 58.6 Å². The number of hydrogen-bond donors (Lipinski definition) is 2. The molecule has 5 heteroatoms. The molecule has 0 unspecified atom stereocenters. The molecule has 0 radical (unpaired) electrons. The van der Waals surface area contributed by atoms with Crippen molar-refractivity contribution in [3.05, 3.63) is 22.4 Å². The Bertz CT molecular complexity index is 344. The van der Waals surface area contributed by atoms with Crippen molar-refractivity contribution in [3.63, 3.8) is 0 Å². The lowest BCUT2D eigenvalue weighted by Crippen LogP contribution is -2.55. The van der Waals surface area contributed by atoms with Crippen molar-refractivity contribution in [1.82, 2.24) is 5.32 Å². The van der Waals surface area contributed by atoms with Gasteiger partial charge in [0.2, 0.25) is 0 Å². The molecule has 88 valence electrons. The lowest BCUT2D eigenvalue weighted by atomic mass is 9.90. The van der Waals surface area contributed by atoms with E-state index in [4.69, 9.17) is 4.74 Å². The average Bonchev–Trinajstić information content (AvgIpc) is 2.80. The van der Waals surface area contributed by atoms with Gasteiger partial charge in [0.25, 0.3) is 0 Å². The molecule has 4 nitrogen and oxygen atoms in total. The highest BCUT2D eigenvalue weighted by molar-refractivity contribution is 7.09. The molecule has 1 fully saturated rings. The maximum atomic E-state index is 11.3. The lowest BCUT2D eigenvalue weighted by Gasteiger charge is -2.33. The van der Waals surface area contributed by atoms with Gasteiger partial charge in [0, 0.05) is 24.6 Å².